The van der Waals surface area contributed by atoms with Gasteiger partial charge in [-0.2, -0.15) is 0 Å². The van der Waals surface area contributed by atoms with Gasteiger partial charge in [-0.1, -0.05) is 30.3 Å². The van der Waals surface area contributed by atoms with Crippen LogP contribution >= 0.6 is 0 Å². The summed E-state index contributed by atoms with van der Waals surface area (Å²) in [5.41, 5.74) is -0.296. The van der Waals surface area contributed by atoms with Gasteiger partial charge >= 0.3 is 6.03 Å². The summed E-state index contributed by atoms with van der Waals surface area (Å²) in [6.07, 6.45) is 1.90. The first-order chi connectivity index (χ1) is 12.9. The van der Waals surface area contributed by atoms with Gasteiger partial charge in [0.25, 0.3) is 5.91 Å². The van der Waals surface area contributed by atoms with Gasteiger partial charge in [0.1, 0.15) is 17.2 Å². The molecule has 1 heterocycles. The van der Waals surface area contributed by atoms with E-state index in [2.05, 4.69) is 5.32 Å². The van der Waals surface area contributed by atoms with Crippen LogP contribution in [0.15, 0.2) is 42.5 Å². The molecule has 1 aliphatic carbocycles. The smallest absolute Gasteiger partial charge is 0.319 e. The van der Waals surface area contributed by atoms with Crippen LogP contribution in [0.3, 0.4) is 0 Å². The van der Waals surface area contributed by atoms with Crippen molar-refractivity contribution in [2.75, 3.05) is 6.54 Å². The molecule has 1 atom stereocenters. The molecule has 7 heteroatoms. The van der Waals surface area contributed by atoms with Crippen LogP contribution < -0.4 is 5.32 Å². The molecule has 138 valence electrons. The molecule has 2 aromatic carbocycles. The highest BCUT2D eigenvalue weighted by atomic mass is 19.1. The van der Waals surface area contributed by atoms with Crippen LogP contribution in [-0.4, -0.2) is 29.2 Å². The van der Waals surface area contributed by atoms with E-state index in [4.69, 9.17) is 0 Å². The van der Waals surface area contributed by atoms with E-state index < -0.39 is 47.0 Å². The van der Waals surface area contributed by atoms with Crippen LogP contribution in [0.4, 0.5) is 13.6 Å². The average Bonchev–Trinajstić information content (AvgIpc) is 2.87. The van der Waals surface area contributed by atoms with Gasteiger partial charge in [-0.3, -0.25) is 14.5 Å². The number of rotatable bonds is 3. The number of carbonyl (C=O) groups excluding carboxylic acids is 3. The maximum Gasteiger partial charge on any atom is 0.325 e. The molecule has 0 radical (unpaired) electrons. The second-order valence-electron chi connectivity index (χ2n) is 6.76. The number of urea groups is 1. The lowest BCUT2D eigenvalue weighted by atomic mass is 9.76. The lowest BCUT2D eigenvalue weighted by Crippen LogP contribution is -2.46. The predicted octanol–water partition coefficient (Wildman–Crippen LogP) is 2.93. The lowest BCUT2D eigenvalue weighted by Gasteiger charge is -2.33. The topological polar surface area (TPSA) is 66.5 Å². The summed E-state index contributed by atoms with van der Waals surface area (Å²) in [5.74, 6) is -3.57. The Bertz CT molecular complexity index is 955. The molecular weight excluding hydrogens is 354 g/mol. The van der Waals surface area contributed by atoms with E-state index >= 15 is 0 Å². The highest BCUT2D eigenvalue weighted by Gasteiger charge is 2.54. The minimum absolute atomic E-state index is 0.410. The van der Waals surface area contributed by atoms with Gasteiger partial charge in [0.2, 0.25) is 0 Å². The standard InChI is InChI=1S/C20H16F2N2O3/c21-14-8-3-9-15(22)17(14)16(25)11-24-18(26)20(23-19(24)27)10-4-6-12-5-1-2-7-13(12)20/h1-3,5,7-9H,4,6,10-11H2,(H,23,27)/t20-/m0/s1. The molecule has 1 saturated heterocycles. The van der Waals surface area contributed by atoms with Gasteiger partial charge < -0.3 is 5.32 Å². The SMILES string of the molecule is O=C(CN1C(=O)N[C@]2(CCCc3ccccc32)C1=O)c1c(F)cccc1F. The molecule has 0 saturated carbocycles. The monoisotopic (exact) mass is 370 g/mol. The van der Waals surface area contributed by atoms with Crippen LogP contribution in [0.2, 0.25) is 0 Å². The van der Waals surface area contributed by atoms with E-state index in [0.29, 0.717) is 18.4 Å². The molecule has 4 rings (SSSR count). The number of ketones is 1. The van der Waals surface area contributed by atoms with Crippen molar-refractivity contribution in [3.05, 3.63) is 70.8 Å². The van der Waals surface area contributed by atoms with Gasteiger partial charge in [0.15, 0.2) is 5.78 Å². The average molecular weight is 370 g/mol. The quantitative estimate of drug-likeness (QED) is 0.667. The normalized spacial score (nSPS) is 21.3. The van der Waals surface area contributed by atoms with Crippen molar-refractivity contribution in [3.63, 3.8) is 0 Å². The number of benzene rings is 2. The Labute approximate surface area is 154 Å². The van der Waals surface area contributed by atoms with Crippen molar-refractivity contribution < 1.29 is 23.2 Å². The van der Waals surface area contributed by atoms with Gasteiger partial charge in [-0.05, 0) is 42.5 Å². The molecule has 1 N–H and O–H groups in total. The fraction of sp³-hybridized carbons (Fsp3) is 0.250. The Morgan fingerprint density at radius 2 is 1.78 bits per heavy atom. The molecule has 2 aromatic rings. The fourth-order valence-corrected chi connectivity index (χ4v) is 3.94. The van der Waals surface area contributed by atoms with Crippen molar-refractivity contribution in [1.29, 1.82) is 0 Å². The zero-order chi connectivity index (χ0) is 19.2. The number of nitrogens with one attached hydrogen (secondary N) is 1. The van der Waals surface area contributed by atoms with E-state index in [1.54, 1.807) is 12.1 Å². The van der Waals surface area contributed by atoms with Crippen molar-refractivity contribution in [3.8, 4) is 0 Å². The highest BCUT2D eigenvalue weighted by molar-refractivity contribution is 6.11. The summed E-state index contributed by atoms with van der Waals surface area (Å²) in [7, 11) is 0. The largest absolute Gasteiger partial charge is 0.325 e. The van der Waals surface area contributed by atoms with Crippen LogP contribution in [0.5, 0.6) is 0 Å². The van der Waals surface area contributed by atoms with Crippen LogP contribution in [0.1, 0.15) is 34.3 Å². The first-order valence-corrected chi connectivity index (χ1v) is 8.64. The number of amides is 3. The summed E-state index contributed by atoms with van der Waals surface area (Å²) in [6, 6.07) is 9.66. The number of halogens is 2. The van der Waals surface area contributed by atoms with E-state index in [0.717, 1.165) is 35.1 Å². The summed E-state index contributed by atoms with van der Waals surface area (Å²) in [4.78, 5) is 38.7. The maximum atomic E-state index is 13.8. The number of nitrogens with zero attached hydrogens (tertiary/aromatic N) is 1. The fourth-order valence-electron chi connectivity index (χ4n) is 3.94. The van der Waals surface area contributed by atoms with Crippen molar-refractivity contribution in [2.45, 2.75) is 24.8 Å². The third-order valence-electron chi connectivity index (χ3n) is 5.19. The molecule has 27 heavy (non-hydrogen) atoms. The number of carbonyl (C=O) groups is 3. The number of hydrogen-bond donors (Lipinski definition) is 1. The molecule has 5 nitrogen and oxygen atoms in total. The summed E-state index contributed by atoms with van der Waals surface area (Å²) in [5, 5.41) is 2.71. The molecule has 1 spiro atoms. The van der Waals surface area contributed by atoms with Gasteiger partial charge in [-0.15, -0.1) is 0 Å². The molecule has 1 aliphatic heterocycles. The second-order valence-corrected chi connectivity index (χ2v) is 6.76. The summed E-state index contributed by atoms with van der Waals surface area (Å²) < 4.78 is 27.7. The van der Waals surface area contributed by atoms with Gasteiger partial charge in [0.05, 0.1) is 12.1 Å². The Balaban J connectivity index is 1.66. The number of aryl methyl sites for hydroxylation is 1. The minimum Gasteiger partial charge on any atom is -0.319 e. The molecule has 3 amide bonds. The van der Waals surface area contributed by atoms with Gasteiger partial charge in [0, 0.05) is 0 Å². The van der Waals surface area contributed by atoms with Crippen molar-refractivity contribution in [2.24, 2.45) is 0 Å². The van der Waals surface area contributed by atoms with Crippen LogP contribution in [0.25, 0.3) is 0 Å². The zero-order valence-electron chi connectivity index (χ0n) is 14.3. The van der Waals surface area contributed by atoms with E-state index in [9.17, 15) is 23.2 Å². The van der Waals surface area contributed by atoms with Crippen molar-refractivity contribution >= 4 is 17.7 Å². The summed E-state index contributed by atoms with van der Waals surface area (Å²) >= 11 is 0. The van der Waals surface area contributed by atoms with Crippen LogP contribution in [0, 0.1) is 11.6 Å². The van der Waals surface area contributed by atoms with Crippen LogP contribution in [-0.2, 0) is 16.8 Å². The lowest BCUT2D eigenvalue weighted by molar-refractivity contribution is -0.131. The Morgan fingerprint density at radius 1 is 1.07 bits per heavy atom. The molecule has 1 fully saturated rings. The molecular formula is C20H16F2N2O3. The zero-order valence-corrected chi connectivity index (χ0v) is 14.3. The third kappa shape index (κ3) is 2.61. The predicted molar refractivity (Wildman–Crippen MR) is 92.0 cm³/mol. The maximum absolute atomic E-state index is 13.8. The van der Waals surface area contributed by atoms with E-state index in [1.807, 2.05) is 12.1 Å². The minimum atomic E-state index is -1.22. The molecule has 0 bridgehead atoms. The van der Waals surface area contributed by atoms with E-state index in [-0.39, 0.29) is 0 Å². The molecule has 0 unspecified atom stereocenters. The van der Waals surface area contributed by atoms with Crippen molar-refractivity contribution in [1.82, 2.24) is 10.2 Å². The second kappa shape index (κ2) is 6.26. The Morgan fingerprint density at radius 3 is 2.52 bits per heavy atom. The highest BCUT2D eigenvalue weighted by Crippen LogP contribution is 2.39. The number of fused-ring (bicyclic) bond motifs is 2. The van der Waals surface area contributed by atoms with E-state index in [1.165, 1.54) is 0 Å². The Hall–Kier alpha value is -3.09. The number of Topliss-reactive ketones (excluding diaryl/α,β-unsaturated/α-hetero) is 1. The Kier molecular flexibility index (Phi) is 4.02. The first-order valence-electron chi connectivity index (χ1n) is 8.64. The first kappa shape index (κ1) is 17.3. The summed E-state index contributed by atoms with van der Waals surface area (Å²) in [6.45, 7) is -0.716. The van der Waals surface area contributed by atoms with Gasteiger partial charge in [-0.25, -0.2) is 13.6 Å². The molecule has 2 aliphatic rings. The molecule has 0 aromatic heterocycles. The number of imide groups is 1. The number of hydrogen-bond acceptors (Lipinski definition) is 3. The third-order valence-corrected chi connectivity index (χ3v) is 5.19.